The van der Waals surface area contributed by atoms with Gasteiger partial charge in [-0.2, -0.15) is 5.10 Å². The Hall–Kier alpha value is -2.30. The van der Waals surface area contributed by atoms with Gasteiger partial charge in [0.2, 0.25) is 5.91 Å². The van der Waals surface area contributed by atoms with Crippen LogP contribution >= 0.6 is 15.9 Å². The predicted octanol–water partition coefficient (Wildman–Crippen LogP) is 3.50. The maximum Gasteiger partial charge on any atom is 0.283 e. The first kappa shape index (κ1) is 25.4. The quantitative estimate of drug-likeness (QED) is 0.509. The lowest BCUT2D eigenvalue weighted by atomic mass is 9.45. The number of amides is 1. The molecule has 6 rings (SSSR count). The molecule has 1 amide bonds. The SMILES string of the molecule is C[C@H]1[C@H](Nc2cnn(CC(=O)NC(CC3OCCO3)c3ccncc3)c(=O)c2Br)C[C@H]2C[C@@H]1C2(C)C. The number of carbonyl (C=O) groups is 1. The number of nitrogens with one attached hydrogen (secondary N) is 2. The summed E-state index contributed by atoms with van der Waals surface area (Å²) in [4.78, 5) is 30.0. The molecule has 194 valence electrons. The van der Waals surface area contributed by atoms with Crippen molar-refractivity contribution in [1.82, 2.24) is 20.1 Å². The molecule has 1 saturated heterocycles. The largest absolute Gasteiger partial charge is 0.380 e. The molecule has 1 aliphatic heterocycles. The summed E-state index contributed by atoms with van der Waals surface area (Å²) in [5, 5.41) is 10.9. The van der Waals surface area contributed by atoms with Crippen molar-refractivity contribution in [3.05, 3.63) is 51.1 Å². The normalized spacial score (nSPS) is 27.8. The Balaban J connectivity index is 1.25. The first-order valence-electron chi connectivity index (χ1n) is 12.7. The molecule has 2 aromatic heterocycles. The zero-order chi connectivity index (χ0) is 25.4. The second-order valence-electron chi connectivity index (χ2n) is 10.8. The van der Waals surface area contributed by atoms with Crippen LogP contribution in [0.5, 0.6) is 0 Å². The van der Waals surface area contributed by atoms with E-state index < -0.39 is 0 Å². The summed E-state index contributed by atoms with van der Waals surface area (Å²) < 4.78 is 12.7. The number of ether oxygens (including phenoxy) is 2. The van der Waals surface area contributed by atoms with Crippen molar-refractivity contribution in [3.63, 3.8) is 0 Å². The Morgan fingerprint density at radius 2 is 1.97 bits per heavy atom. The number of rotatable bonds is 8. The van der Waals surface area contributed by atoms with Crippen molar-refractivity contribution >= 4 is 27.5 Å². The molecule has 0 spiro atoms. The second kappa shape index (κ2) is 10.2. The zero-order valence-electron chi connectivity index (χ0n) is 20.9. The number of carbonyl (C=O) groups excluding carboxylic acids is 1. The highest BCUT2D eigenvalue weighted by atomic mass is 79.9. The lowest BCUT2D eigenvalue weighted by molar-refractivity contribution is -0.123. The number of halogens is 1. The monoisotopic (exact) mass is 559 g/mol. The summed E-state index contributed by atoms with van der Waals surface area (Å²) in [5.74, 6) is 1.60. The van der Waals surface area contributed by atoms with E-state index in [9.17, 15) is 9.59 Å². The smallest absolute Gasteiger partial charge is 0.283 e. The van der Waals surface area contributed by atoms with Crippen molar-refractivity contribution in [2.75, 3.05) is 18.5 Å². The first-order valence-corrected chi connectivity index (χ1v) is 13.5. The highest BCUT2D eigenvalue weighted by Crippen LogP contribution is 2.61. The van der Waals surface area contributed by atoms with E-state index >= 15 is 0 Å². The van der Waals surface area contributed by atoms with E-state index in [2.05, 4.69) is 57.4 Å². The molecule has 5 atom stereocenters. The van der Waals surface area contributed by atoms with Gasteiger partial charge in [0, 0.05) is 24.9 Å². The molecule has 9 nitrogen and oxygen atoms in total. The summed E-state index contributed by atoms with van der Waals surface area (Å²) in [6, 6.07) is 3.66. The Kier molecular flexibility index (Phi) is 7.20. The van der Waals surface area contributed by atoms with Crippen LogP contribution in [0, 0.1) is 23.2 Å². The van der Waals surface area contributed by atoms with Crippen LogP contribution in [0.15, 0.2) is 40.0 Å². The van der Waals surface area contributed by atoms with Gasteiger partial charge in [0.05, 0.1) is 31.1 Å². The molecule has 0 radical (unpaired) electrons. The van der Waals surface area contributed by atoms with Gasteiger partial charge >= 0.3 is 0 Å². The van der Waals surface area contributed by atoms with E-state index in [1.54, 1.807) is 18.6 Å². The van der Waals surface area contributed by atoms with Crippen LogP contribution in [-0.4, -0.2) is 46.2 Å². The van der Waals surface area contributed by atoms with Crippen LogP contribution in [0.4, 0.5) is 5.69 Å². The summed E-state index contributed by atoms with van der Waals surface area (Å²) in [5.41, 5.74) is 1.62. The van der Waals surface area contributed by atoms with E-state index in [0.29, 0.717) is 59.0 Å². The maximum atomic E-state index is 13.0. The minimum atomic E-state index is -0.386. The standard InChI is InChI=1S/C26H34BrN5O4/c1-15-18-10-17(26(18,2)3)11-19(15)30-21-13-29-32(25(34)24(21)27)14-22(33)31-20(12-23-35-8-9-36-23)16-4-6-28-7-5-16/h4-7,13,15,17-20,23,30H,8-12,14H2,1-3H3,(H,31,33)/t15-,17-,18+,19-,20?/m1/s1. The van der Waals surface area contributed by atoms with Crippen LogP contribution in [0.1, 0.15) is 51.6 Å². The van der Waals surface area contributed by atoms with E-state index in [1.807, 2.05) is 12.1 Å². The molecule has 2 bridgehead atoms. The molecule has 3 heterocycles. The molecule has 2 aromatic rings. The summed E-state index contributed by atoms with van der Waals surface area (Å²) in [6.07, 6.45) is 7.45. The molecular formula is C26H34BrN5O4. The van der Waals surface area contributed by atoms with E-state index in [-0.39, 0.29) is 30.3 Å². The maximum absolute atomic E-state index is 13.0. The van der Waals surface area contributed by atoms with Crippen LogP contribution in [0.25, 0.3) is 0 Å². The number of aromatic nitrogens is 3. The predicted molar refractivity (Wildman–Crippen MR) is 138 cm³/mol. The molecule has 3 saturated carbocycles. The van der Waals surface area contributed by atoms with E-state index in [4.69, 9.17) is 9.47 Å². The van der Waals surface area contributed by atoms with Crippen molar-refractivity contribution in [2.24, 2.45) is 23.2 Å². The third-order valence-electron chi connectivity index (χ3n) is 8.54. The summed E-state index contributed by atoms with van der Waals surface area (Å²) in [7, 11) is 0. The molecule has 36 heavy (non-hydrogen) atoms. The van der Waals surface area contributed by atoms with Gasteiger partial charge in [-0.05, 0) is 69.6 Å². The number of hydrogen-bond acceptors (Lipinski definition) is 7. The lowest BCUT2D eigenvalue weighted by Crippen LogP contribution is -2.58. The minimum Gasteiger partial charge on any atom is -0.380 e. The van der Waals surface area contributed by atoms with Gasteiger partial charge in [-0.1, -0.05) is 20.8 Å². The molecular weight excluding hydrogens is 526 g/mol. The summed E-state index contributed by atoms with van der Waals surface area (Å²) in [6.45, 7) is 7.92. The topological polar surface area (TPSA) is 107 Å². The van der Waals surface area contributed by atoms with Crippen LogP contribution in [0.2, 0.25) is 0 Å². The fourth-order valence-corrected chi connectivity index (χ4v) is 6.63. The number of pyridine rings is 1. The fourth-order valence-electron chi connectivity index (χ4n) is 6.20. The van der Waals surface area contributed by atoms with Gasteiger partial charge < -0.3 is 20.1 Å². The minimum absolute atomic E-state index is 0.191. The third-order valence-corrected chi connectivity index (χ3v) is 9.30. The van der Waals surface area contributed by atoms with Crippen LogP contribution in [0.3, 0.4) is 0 Å². The molecule has 0 aromatic carbocycles. The third kappa shape index (κ3) is 4.95. The lowest BCUT2D eigenvalue weighted by Gasteiger charge is -2.62. The molecule has 1 unspecified atom stereocenters. The first-order chi connectivity index (χ1) is 17.2. The van der Waals surface area contributed by atoms with Crippen molar-refractivity contribution in [2.45, 2.75) is 65.0 Å². The zero-order valence-corrected chi connectivity index (χ0v) is 22.5. The Bertz CT molecular complexity index is 1150. The molecule has 4 fully saturated rings. The molecule has 10 heteroatoms. The van der Waals surface area contributed by atoms with E-state index in [0.717, 1.165) is 12.0 Å². The van der Waals surface area contributed by atoms with Crippen molar-refractivity contribution in [1.29, 1.82) is 0 Å². The number of nitrogens with zero attached hydrogens (tertiary/aromatic N) is 3. The average molecular weight is 560 g/mol. The molecule has 2 N–H and O–H groups in total. The van der Waals surface area contributed by atoms with Gasteiger partial charge in [-0.25, -0.2) is 4.68 Å². The van der Waals surface area contributed by atoms with E-state index in [1.165, 1.54) is 11.1 Å². The van der Waals surface area contributed by atoms with Gasteiger partial charge in [-0.15, -0.1) is 0 Å². The van der Waals surface area contributed by atoms with Gasteiger partial charge in [0.25, 0.3) is 5.56 Å². The molecule has 3 aliphatic carbocycles. The molecule has 4 aliphatic rings. The highest BCUT2D eigenvalue weighted by molar-refractivity contribution is 9.10. The van der Waals surface area contributed by atoms with Gasteiger partial charge in [0.15, 0.2) is 6.29 Å². The Morgan fingerprint density at radius 1 is 1.25 bits per heavy atom. The highest BCUT2D eigenvalue weighted by Gasteiger charge is 2.56. The Morgan fingerprint density at radius 3 is 2.64 bits per heavy atom. The average Bonchev–Trinajstić information content (AvgIpc) is 3.38. The number of anilines is 1. The number of fused-ring (bicyclic) bond motifs is 2. The second-order valence-corrected chi connectivity index (χ2v) is 11.6. The fraction of sp³-hybridized carbons (Fsp3) is 0.615. The van der Waals surface area contributed by atoms with Gasteiger partial charge in [-0.3, -0.25) is 14.6 Å². The van der Waals surface area contributed by atoms with Gasteiger partial charge in [0.1, 0.15) is 11.0 Å². The number of hydrogen-bond donors (Lipinski definition) is 2. The Labute approximate surface area is 219 Å². The van der Waals surface area contributed by atoms with Crippen molar-refractivity contribution < 1.29 is 14.3 Å². The van der Waals surface area contributed by atoms with Crippen molar-refractivity contribution in [3.8, 4) is 0 Å². The summed E-state index contributed by atoms with van der Waals surface area (Å²) >= 11 is 3.45. The van der Waals surface area contributed by atoms with Crippen LogP contribution in [-0.2, 0) is 20.8 Å². The van der Waals surface area contributed by atoms with Crippen LogP contribution < -0.4 is 16.2 Å².